The molecule has 7 heterocycles. The summed E-state index contributed by atoms with van der Waals surface area (Å²) < 4.78 is 0. The van der Waals surface area contributed by atoms with E-state index in [1.54, 1.807) is 0 Å². The van der Waals surface area contributed by atoms with E-state index in [2.05, 4.69) is 71.9 Å². The molecular weight excluding hydrogens is 981 g/mol. The number of hydrogen-bond acceptors (Lipinski definition) is 8. The van der Waals surface area contributed by atoms with Crippen molar-refractivity contribution >= 4 is 44.1 Å². The highest BCUT2D eigenvalue weighted by molar-refractivity contribution is 6.09. The number of nitrogens with one attached hydrogen (secondary N) is 2. The summed E-state index contributed by atoms with van der Waals surface area (Å²) in [6.45, 7) is 9.21. The van der Waals surface area contributed by atoms with Crippen molar-refractivity contribution in [1.29, 1.82) is 0 Å². The van der Waals surface area contributed by atoms with Crippen LogP contribution in [0, 0.1) is 0 Å². The maximum atomic E-state index is 5.86. The number of unbranched alkanes of at least 4 members (excludes halogenated alkanes) is 28. The van der Waals surface area contributed by atoms with E-state index < -0.39 is 0 Å². The van der Waals surface area contributed by atoms with Gasteiger partial charge in [-0.1, -0.05) is 232 Å². The van der Waals surface area contributed by atoms with Crippen LogP contribution in [-0.4, -0.2) is 49.8 Å². The molecule has 2 aromatic carbocycles. The summed E-state index contributed by atoms with van der Waals surface area (Å²) >= 11 is 0. The molecule has 2 aliphatic heterocycles. The van der Waals surface area contributed by atoms with Crippen LogP contribution >= 0.6 is 0 Å². The van der Waals surface area contributed by atoms with Gasteiger partial charge in [-0.2, -0.15) is 0 Å². The highest BCUT2D eigenvalue weighted by atomic mass is 15.1. The minimum Gasteiger partial charge on any atom is -0.324 e. The molecule has 426 valence electrons. The van der Waals surface area contributed by atoms with Crippen molar-refractivity contribution in [2.24, 2.45) is 0 Å². The van der Waals surface area contributed by atoms with Gasteiger partial charge in [-0.3, -0.25) is 9.97 Å². The summed E-state index contributed by atoms with van der Waals surface area (Å²) in [6.07, 6.45) is 52.3. The molecule has 9 rings (SSSR count). The second-order valence-corrected chi connectivity index (χ2v) is 23.6. The topological polar surface area (TPSA) is 135 Å². The van der Waals surface area contributed by atoms with E-state index >= 15 is 0 Å². The van der Waals surface area contributed by atoms with Gasteiger partial charge < -0.3 is 9.97 Å². The third kappa shape index (κ3) is 15.3. The third-order valence-corrected chi connectivity index (χ3v) is 17.3. The number of benzene rings is 2. The smallest absolute Gasteiger partial charge is 0.166 e. The van der Waals surface area contributed by atoms with Gasteiger partial charge >= 0.3 is 0 Å². The van der Waals surface area contributed by atoms with Gasteiger partial charge in [-0.15, -0.1) is 0 Å². The van der Waals surface area contributed by atoms with Crippen molar-refractivity contribution in [2.45, 2.75) is 259 Å². The monoisotopic (exact) mass is 1080 g/mol. The van der Waals surface area contributed by atoms with E-state index in [1.165, 1.54) is 207 Å². The Morgan fingerprint density at radius 1 is 0.287 bits per heavy atom. The minimum atomic E-state index is 0.560. The van der Waals surface area contributed by atoms with Gasteiger partial charge in [0.2, 0.25) is 0 Å². The normalized spacial score (nSPS) is 12.1. The van der Waals surface area contributed by atoms with Crippen LogP contribution in [0.4, 0.5) is 0 Å². The molecule has 10 heteroatoms. The molecule has 0 unspecified atom stereocenters. The van der Waals surface area contributed by atoms with Crippen LogP contribution in [0.25, 0.3) is 89.7 Å². The van der Waals surface area contributed by atoms with Crippen LogP contribution in [-0.2, 0) is 25.7 Å². The Kier molecular flexibility index (Phi) is 23.0. The number of H-pyrrole nitrogens is 2. The molecule has 10 nitrogen and oxygen atoms in total. The van der Waals surface area contributed by atoms with Gasteiger partial charge in [0.25, 0.3) is 0 Å². The zero-order chi connectivity index (χ0) is 55.1. The number of aryl methyl sites for hydroxylation is 4. The Morgan fingerprint density at radius 2 is 0.625 bits per heavy atom. The van der Waals surface area contributed by atoms with Crippen LogP contribution in [0.5, 0.6) is 0 Å². The lowest BCUT2D eigenvalue weighted by Gasteiger charge is -2.13. The van der Waals surface area contributed by atoms with Crippen LogP contribution in [0.15, 0.2) is 61.2 Å². The maximum Gasteiger partial charge on any atom is 0.166 e. The van der Waals surface area contributed by atoms with Gasteiger partial charge in [0.05, 0.1) is 0 Å². The first-order chi connectivity index (χ1) is 39.6. The molecular formula is C70H96N10. The summed E-state index contributed by atoms with van der Waals surface area (Å²) in [6, 6.07) is 13.7. The van der Waals surface area contributed by atoms with Crippen molar-refractivity contribution in [1.82, 2.24) is 49.8 Å². The molecule has 2 N–H and O–H groups in total. The third-order valence-electron chi connectivity index (χ3n) is 17.3. The number of rotatable bonds is 36. The molecule has 2 aliphatic rings. The molecule has 5 aromatic heterocycles. The minimum absolute atomic E-state index is 0.560. The Hall–Kier alpha value is -5.90. The Morgan fingerprint density at radius 3 is 1.11 bits per heavy atom. The zero-order valence-electron chi connectivity index (χ0n) is 49.8. The lowest BCUT2D eigenvalue weighted by Crippen LogP contribution is -1.98. The van der Waals surface area contributed by atoms with Crippen LogP contribution in [0.3, 0.4) is 0 Å². The second-order valence-electron chi connectivity index (χ2n) is 23.6. The van der Waals surface area contributed by atoms with Crippen molar-refractivity contribution < 1.29 is 0 Å². The number of hydrogen-bond donors (Lipinski definition) is 2. The first kappa shape index (κ1) is 58.7. The Bertz CT molecular complexity index is 3220. The standard InChI is InChI=1S/C70H96N10/c1-5-9-13-17-21-25-29-33-37-51-41-43-53(39-35-31-27-23-19-15-11-7-3)61-59(51)67-76-63-55-45-47-71-49-57(55)65(73-63)75-66-58-50-72-48-46-56(58)64(74-66)77-68-60-52(38-34-30-26-22-18-14-10-6-2)42-44-54(40-36-32-28-24-20-16-12-8-4)62(60)70(79-68)80-69(61)78-67/h41-50H,5-40H2,1-4H3,(H2,73,74,75,76,77,78,79,80). The molecule has 0 radical (unpaired) electrons. The Labute approximate surface area is 479 Å². The molecule has 0 saturated carbocycles. The van der Waals surface area contributed by atoms with Gasteiger partial charge in [-0.25, -0.2) is 29.9 Å². The zero-order valence-corrected chi connectivity index (χ0v) is 49.8. The number of pyridine rings is 2. The molecule has 0 fully saturated rings. The first-order valence-corrected chi connectivity index (χ1v) is 32.6. The summed E-state index contributed by atoms with van der Waals surface area (Å²) in [5.74, 6) is 2.63. The molecule has 7 aromatic rings. The fourth-order valence-electron chi connectivity index (χ4n) is 12.6. The summed E-state index contributed by atoms with van der Waals surface area (Å²) in [7, 11) is 0. The van der Waals surface area contributed by atoms with Gasteiger partial charge in [0.15, 0.2) is 23.3 Å². The predicted molar refractivity (Wildman–Crippen MR) is 337 cm³/mol. The van der Waals surface area contributed by atoms with E-state index in [1.807, 2.05) is 36.9 Å². The van der Waals surface area contributed by atoms with Crippen LogP contribution in [0.1, 0.15) is 255 Å². The molecule has 80 heavy (non-hydrogen) atoms. The number of nitrogens with zero attached hydrogens (tertiary/aromatic N) is 8. The first-order valence-electron chi connectivity index (χ1n) is 32.6. The van der Waals surface area contributed by atoms with Gasteiger partial charge in [0, 0.05) is 68.6 Å². The van der Waals surface area contributed by atoms with E-state index in [-0.39, 0.29) is 0 Å². The molecule has 0 atom stereocenters. The average molecular weight is 1080 g/mol. The summed E-state index contributed by atoms with van der Waals surface area (Å²) in [5, 5.41) is 4.15. The van der Waals surface area contributed by atoms with E-state index in [4.69, 9.17) is 29.9 Å². The molecule has 8 bridgehead atoms. The molecule has 0 spiro atoms. The van der Waals surface area contributed by atoms with E-state index in [0.29, 0.717) is 28.8 Å². The number of fused-ring (bicyclic) bond motifs is 20. The lowest BCUT2D eigenvalue weighted by molar-refractivity contribution is 0.575. The molecule has 0 aliphatic carbocycles. The quantitative estimate of drug-likeness (QED) is 0.0371. The van der Waals surface area contributed by atoms with E-state index in [0.717, 1.165) is 107 Å². The average Bonchev–Trinajstić information content (AvgIpc) is 4.27. The number of aromatic nitrogens is 10. The summed E-state index contributed by atoms with van der Waals surface area (Å²) in [5.41, 5.74) is 12.3. The molecule has 0 amide bonds. The van der Waals surface area contributed by atoms with Gasteiger partial charge in [-0.05, 0) is 85.8 Å². The van der Waals surface area contributed by atoms with Crippen LogP contribution < -0.4 is 0 Å². The van der Waals surface area contributed by atoms with Crippen molar-refractivity contribution in [2.75, 3.05) is 0 Å². The number of aromatic amines is 2. The highest BCUT2D eigenvalue weighted by Crippen LogP contribution is 2.42. The summed E-state index contributed by atoms with van der Waals surface area (Å²) in [4.78, 5) is 50.0. The fourth-order valence-corrected chi connectivity index (χ4v) is 12.6. The van der Waals surface area contributed by atoms with Crippen LogP contribution in [0.2, 0.25) is 0 Å². The van der Waals surface area contributed by atoms with Crippen molar-refractivity contribution in [3.63, 3.8) is 0 Å². The second kappa shape index (κ2) is 31.3. The lowest BCUT2D eigenvalue weighted by atomic mass is 9.91. The van der Waals surface area contributed by atoms with Crippen molar-refractivity contribution in [3.8, 4) is 45.6 Å². The Balaban J connectivity index is 1.23. The van der Waals surface area contributed by atoms with E-state index in [9.17, 15) is 0 Å². The predicted octanol–water partition coefficient (Wildman–Crippen LogP) is 20.4. The molecule has 0 saturated heterocycles. The van der Waals surface area contributed by atoms with Crippen molar-refractivity contribution in [3.05, 3.63) is 83.4 Å². The van der Waals surface area contributed by atoms with Gasteiger partial charge in [0.1, 0.15) is 22.6 Å². The highest BCUT2D eigenvalue weighted by Gasteiger charge is 2.28. The fraction of sp³-hybridized carbons (Fsp3) is 0.571. The largest absolute Gasteiger partial charge is 0.324 e. The SMILES string of the molecule is CCCCCCCCCCc1ccc(CCCCCCCCCC)c2c1-c1nc-2nc2[nH]c(nc3nc(nc4[nH]c(n1)c1ccncc41)-c1cnccc1-3)c1c(CCCCCCCCCC)ccc(CCCCCCCCCC)c21. The maximum absolute atomic E-state index is 5.86.